The highest BCUT2D eigenvalue weighted by Gasteiger charge is 2.17. The van der Waals surface area contributed by atoms with Gasteiger partial charge in [0.15, 0.2) is 11.5 Å². The van der Waals surface area contributed by atoms with E-state index in [0.29, 0.717) is 11.6 Å². The summed E-state index contributed by atoms with van der Waals surface area (Å²) in [6.07, 6.45) is 0. The second-order valence-electron chi connectivity index (χ2n) is 3.96. The smallest absolute Gasteiger partial charge is 0.339 e. The Bertz CT molecular complexity index is 658. The van der Waals surface area contributed by atoms with Crippen LogP contribution in [0.3, 0.4) is 0 Å². The molecule has 104 valence electrons. The lowest BCUT2D eigenvalue weighted by molar-refractivity contribution is 0.0693. The van der Waals surface area contributed by atoms with E-state index in [4.69, 9.17) is 9.47 Å². The summed E-state index contributed by atoms with van der Waals surface area (Å²) >= 11 is 3.34. The Balaban J connectivity index is 2.46. The molecule has 0 aliphatic heterocycles. The number of carboxylic acids is 1. The maximum atomic E-state index is 11.2. The third kappa shape index (κ3) is 2.91. The molecule has 6 heteroatoms. The van der Waals surface area contributed by atoms with Gasteiger partial charge in [0.05, 0.1) is 12.8 Å². The highest BCUT2D eigenvalue weighted by molar-refractivity contribution is 9.10. The van der Waals surface area contributed by atoms with Crippen LogP contribution in [-0.2, 0) is 0 Å². The zero-order valence-electron chi connectivity index (χ0n) is 10.9. The zero-order chi connectivity index (χ0) is 14.7. The summed E-state index contributed by atoms with van der Waals surface area (Å²) < 4.78 is 11.6. The van der Waals surface area contributed by atoms with Crippen LogP contribution in [0.5, 0.6) is 17.4 Å². The molecule has 0 aliphatic carbocycles. The number of hydrogen-bond donors (Lipinski definition) is 1. The van der Waals surface area contributed by atoms with Gasteiger partial charge in [-0.3, -0.25) is 0 Å². The summed E-state index contributed by atoms with van der Waals surface area (Å²) in [4.78, 5) is 15.5. The molecular weight excluding hydrogens is 326 g/mol. The number of aromatic nitrogens is 1. The molecule has 0 unspecified atom stereocenters. The van der Waals surface area contributed by atoms with E-state index in [0.717, 1.165) is 10.2 Å². The van der Waals surface area contributed by atoms with Crippen LogP contribution in [0, 0.1) is 6.92 Å². The van der Waals surface area contributed by atoms with Crippen LogP contribution in [0.25, 0.3) is 0 Å². The number of carbonyl (C=O) groups is 1. The predicted molar refractivity (Wildman–Crippen MR) is 76.7 cm³/mol. The van der Waals surface area contributed by atoms with Gasteiger partial charge in [0.25, 0.3) is 0 Å². The molecule has 0 atom stereocenters. The van der Waals surface area contributed by atoms with Crippen molar-refractivity contribution < 1.29 is 19.4 Å². The van der Waals surface area contributed by atoms with Crippen molar-refractivity contribution in [3.8, 4) is 17.4 Å². The Labute approximate surface area is 124 Å². The van der Waals surface area contributed by atoms with E-state index in [1.165, 1.54) is 13.2 Å². The Morgan fingerprint density at radius 3 is 2.65 bits per heavy atom. The number of hydrogen-bond acceptors (Lipinski definition) is 4. The lowest BCUT2D eigenvalue weighted by Crippen LogP contribution is -2.02. The third-order valence-corrected chi connectivity index (χ3v) is 3.47. The van der Waals surface area contributed by atoms with Crippen molar-refractivity contribution in [2.24, 2.45) is 0 Å². The molecule has 0 saturated heterocycles. The minimum Gasteiger partial charge on any atom is -0.493 e. The Kier molecular flexibility index (Phi) is 4.24. The van der Waals surface area contributed by atoms with Crippen molar-refractivity contribution in [2.75, 3.05) is 7.11 Å². The standard InChI is InChI=1S/C14H12BrNO4/c1-8-10(15)6-7-12(16-8)20-13-9(14(17)18)4-3-5-11(13)19-2/h3-7H,1-2H3,(H,17,18). The van der Waals surface area contributed by atoms with E-state index in [1.807, 2.05) is 6.92 Å². The SMILES string of the molecule is COc1cccc(C(=O)O)c1Oc1ccc(Br)c(C)n1. The predicted octanol–water partition coefficient (Wildman–Crippen LogP) is 3.65. The average molecular weight is 338 g/mol. The highest BCUT2D eigenvalue weighted by Crippen LogP contribution is 2.34. The Morgan fingerprint density at radius 2 is 2.05 bits per heavy atom. The quantitative estimate of drug-likeness (QED) is 0.922. The summed E-state index contributed by atoms with van der Waals surface area (Å²) in [5, 5.41) is 9.20. The second kappa shape index (κ2) is 5.92. The summed E-state index contributed by atoms with van der Waals surface area (Å²) in [6.45, 7) is 1.82. The summed E-state index contributed by atoms with van der Waals surface area (Å²) in [5.74, 6) is -0.311. The summed E-state index contributed by atoms with van der Waals surface area (Å²) in [5.41, 5.74) is 0.765. The van der Waals surface area contributed by atoms with E-state index >= 15 is 0 Å². The van der Waals surface area contributed by atoms with Gasteiger partial charge in [0, 0.05) is 10.5 Å². The maximum absolute atomic E-state index is 11.2. The van der Waals surface area contributed by atoms with Crippen molar-refractivity contribution in [1.29, 1.82) is 0 Å². The molecule has 2 rings (SSSR count). The molecule has 0 aliphatic rings. The van der Waals surface area contributed by atoms with Crippen LogP contribution in [0.1, 0.15) is 16.1 Å². The molecule has 0 saturated carbocycles. The number of halogens is 1. The molecule has 2 aromatic rings. The monoisotopic (exact) mass is 337 g/mol. The largest absolute Gasteiger partial charge is 0.493 e. The van der Waals surface area contributed by atoms with Gasteiger partial charge in [-0.25, -0.2) is 9.78 Å². The van der Waals surface area contributed by atoms with E-state index in [1.54, 1.807) is 24.3 Å². The van der Waals surface area contributed by atoms with Gasteiger partial charge in [-0.2, -0.15) is 0 Å². The molecule has 1 N–H and O–H groups in total. The molecule has 5 nitrogen and oxygen atoms in total. The van der Waals surface area contributed by atoms with E-state index in [-0.39, 0.29) is 11.3 Å². The second-order valence-corrected chi connectivity index (χ2v) is 4.82. The number of para-hydroxylation sites is 1. The number of aromatic carboxylic acids is 1. The number of aryl methyl sites for hydroxylation is 1. The first-order valence-electron chi connectivity index (χ1n) is 5.74. The molecule has 1 heterocycles. The lowest BCUT2D eigenvalue weighted by atomic mass is 10.2. The fourth-order valence-corrected chi connectivity index (χ4v) is 1.85. The normalized spacial score (nSPS) is 10.2. The number of carboxylic acid groups (broad SMARTS) is 1. The first kappa shape index (κ1) is 14.3. The zero-order valence-corrected chi connectivity index (χ0v) is 12.5. The number of nitrogens with zero attached hydrogens (tertiary/aromatic N) is 1. The topological polar surface area (TPSA) is 68.7 Å². The summed E-state index contributed by atoms with van der Waals surface area (Å²) in [6, 6.07) is 8.11. The van der Waals surface area contributed by atoms with Crippen molar-refractivity contribution in [1.82, 2.24) is 4.98 Å². The number of pyridine rings is 1. The summed E-state index contributed by atoms with van der Waals surface area (Å²) in [7, 11) is 1.45. The van der Waals surface area contributed by atoms with Crippen molar-refractivity contribution in [2.45, 2.75) is 6.92 Å². The van der Waals surface area contributed by atoms with Gasteiger partial charge < -0.3 is 14.6 Å². The number of methoxy groups -OCH3 is 1. The molecule has 0 fully saturated rings. The van der Waals surface area contributed by atoms with Crippen molar-refractivity contribution in [3.63, 3.8) is 0 Å². The van der Waals surface area contributed by atoms with Gasteiger partial charge in [-0.05, 0) is 41.1 Å². The van der Waals surface area contributed by atoms with E-state index in [2.05, 4.69) is 20.9 Å². The first-order chi connectivity index (χ1) is 9.52. The molecule has 0 amide bonds. The van der Waals surface area contributed by atoms with Gasteiger partial charge in [0.2, 0.25) is 5.88 Å². The third-order valence-electron chi connectivity index (χ3n) is 2.63. The first-order valence-corrected chi connectivity index (χ1v) is 6.53. The van der Waals surface area contributed by atoms with Crippen LogP contribution in [0.2, 0.25) is 0 Å². The average Bonchev–Trinajstić information content (AvgIpc) is 2.43. The number of ether oxygens (including phenoxy) is 2. The number of benzene rings is 1. The van der Waals surface area contributed by atoms with Crippen molar-refractivity contribution in [3.05, 3.63) is 46.1 Å². The fourth-order valence-electron chi connectivity index (χ4n) is 1.63. The molecular formula is C14H12BrNO4. The lowest BCUT2D eigenvalue weighted by Gasteiger charge is -2.12. The van der Waals surface area contributed by atoms with Crippen LogP contribution >= 0.6 is 15.9 Å². The van der Waals surface area contributed by atoms with Gasteiger partial charge in [-0.15, -0.1) is 0 Å². The molecule has 0 radical (unpaired) electrons. The van der Waals surface area contributed by atoms with Gasteiger partial charge >= 0.3 is 5.97 Å². The molecule has 1 aromatic heterocycles. The molecule has 20 heavy (non-hydrogen) atoms. The van der Waals surface area contributed by atoms with E-state index in [9.17, 15) is 9.90 Å². The highest BCUT2D eigenvalue weighted by atomic mass is 79.9. The Hall–Kier alpha value is -2.08. The van der Waals surface area contributed by atoms with Crippen molar-refractivity contribution >= 4 is 21.9 Å². The van der Waals surface area contributed by atoms with Crippen LogP contribution < -0.4 is 9.47 Å². The molecule has 0 spiro atoms. The minimum atomic E-state index is -1.09. The van der Waals surface area contributed by atoms with Crippen LogP contribution in [0.15, 0.2) is 34.8 Å². The van der Waals surface area contributed by atoms with Crippen LogP contribution in [-0.4, -0.2) is 23.2 Å². The number of rotatable bonds is 4. The maximum Gasteiger partial charge on any atom is 0.339 e. The molecule has 1 aromatic carbocycles. The van der Waals surface area contributed by atoms with Crippen LogP contribution in [0.4, 0.5) is 0 Å². The van der Waals surface area contributed by atoms with E-state index < -0.39 is 5.97 Å². The van der Waals surface area contributed by atoms with Gasteiger partial charge in [-0.1, -0.05) is 6.07 Å². The molecule has 0 bridgehead atoms. The Morgan fingerprint density at radius 1 is 1.30 bits per heavy atom. The fraction of sp³-hybridized carbons (Fsp3) is 0.143. The van der Waals surface area contributed by atoms with Gasteiger partial charge in [0.1, 0.15) is 5.56 Å². The minimum absolute atomic E-state index is 0.0201.